The molecule has 1 amide bonds. The number of aldehydes is 1. The fourth-order valence-corrected chi connectivity index (χ4v) is 4.44. The van der Waals surface area contributed by atoms with Gasteiger partial charge in [0.25, 0.3) is 5.91 Å². The Morgan fingerprint density at radius 3 is 2.69 bits per heavy atom. The van der Waals surface area contributed by atoms with E-state index in [4.69, 9.17) is 10.00 Å². The summed E-state index contributed by atoms with van der Waals surface area (Å²) in [5.74, 6) is -0.322. The molecule has 0 saturated carbocycles. The van der Waals surface area contributed by atoms with Crippen LogP contribution in [0.4, 0.5) is 5.69 Å². The van der Waals surface area contributed by atoms with E-state index in [1.165, 1.54) is 11.8 Å². The van der Waals surface area contributed by atoms with Gasteiger partial charge in [-0.2, -0.15) is 5.26 Å². The predicted octanol–water partition coefficient (Wildman–Crippen LogP) is 4.37. The Bertz CT molecular complexity index is 1100. The van der Waals surface area contributed by atoms with E-state index < -0.39 is 11.3 Å². The molecule has 1 saturated heterocycles. The zero-order chi connectivity index (χ0) is 22.8. The second-order valence-corrected chi connectivity index (χ2v) is 9.44. The standard InChI is InChI=1S/C25H28N4O3/c1-24(2)7-5-17(6-8-24)20-13-18(25(16-30)9-11-32-12-10-25)3-4-21(20)29-23(31)22-27-15-19(14-26)28-22/h3-5,13,15-16H,6-12H2,1-2H3,(H,27,28)(H,29,31). The van der Waals surface area contributed by atoms with Crippen molar-refractivity contribution in [1.29, 1.82) is 5.26 Å². The first-order valence-electron chi connectivity index (χ1n) is 11.0. The molecule has 7 heteroatoms. The first-order valence-corrected chi connectivity index (χ1v) is 11.0. The SMILES string of the molecule is CC1(C)CC=C(c2cc(C3(C=O)CCOCC3)ccc2NC(=O)c2nc(C#N)c[nH]2)CC1. The summed E-state index contributed by atoms with van der Waals surface area (Å²) < 4.78 is 5.49. The Labute approximate surface area is 187 Å². The fourth-order valence-electron chi connectivity index (χ4n) is 4.44. The van der Waals surface area contributed by atoms with Gasteiger partial charge in [-0.25, -0.2) is 4.98 Å². The molecule has 0 bridgehead atoms. The van der Waals surface area contributed by atoms with E-state index in [-0.39, 0.29) is 16.9 Å². The number of ether oxygens (including phenoxy) is 1. The summed E-state index contributed by atoms with van der Waals surface area (Å²) >= 11 is 0. The summed E-state index contributed by atoms with van der Waals surface area (Å²) in [7, 11) is 0. The van der Waals surface area contributed by atoms with Crippen LogP contribution in [0.3, 0.4) is 0 Å². The number of carbonyl (C=O) groups is 2. The second kappa shape index (κ2) is 8.71. The van der Waals surface area contributed by atoms with Crippen molar-refractivity contribution in [1.82, 2.24) is 9.97 Å². The molecule has 1 aromatic carbocycles. The van der Waals surface area contributed by atoms with Gasteiger partial charge in [0, 0.05) is 30.7 Å². The van der Waals surface area contributed by atoms with Crippen molar-refractivity contribution in [2.24, 2.45) is 5.41 Å². The number of hydrogen-bond acceptors (Lipinski definition) is 5. The molecule has 0 unspecified atom stereocenters. The van der Waals surface area contributed by atoms with Crippen molar-refractivity contribution in [3.05, 3.63) is 53.1 Å². The minimum absolute atomic E-state index is 0.0872. The molecule has 1 aliphatic carbocycles. The molecular formula is C25H28N4O3. The van der Waals surface area contributed by atoms with Crippen molar-refractivity contribution in [2.75, 3.05) is 18.5 Å². The van der Waals surface area contributed by atoms with Gasteiger partial charge in [0.15, 0.2) is 11.5 Å². The van der Waals surface area contributed by atoms with Crippen LogP contribution in [0.2, 0.25) is 0 Å². The Balaban J connectivity index is 1.72. The van der Waals surface area contributed by atoms with Crippen LogP contribution in [0, 0.1) is 16.7 Å². The highest BCUT2D eigenvalue weighted by Crippen LogP contribution is 2.42. The number of carbonyl (C=O) groups excluding carboxylic acids is 2. The molecule has 2 aromatic rings. The summed E-state index contributed by atoms with van der Waals surface area (Å²) in [6.07, 6.45) is 8.91. The fraction of sp³-hybridized carbons (Fsp3) is 0.440. The van der Waals surface area contributed by atoms with E-state index in [0.717, 1.165) is 36.7 Å². The van der Waals surface area contributed by atoms with Gasteiger partial charge in [-0.15, -0.1) is 0 Å². The summed E-state index contributed by atoms with van der Waals surface area (Å²) in [6, 6.07) is 7.77. The molecule has 166 valence electrons. The maximum atomic E-state index is 12.8. The Hall–Kier alpha value is -3.24. The summed E-state index contributed by atoms with van der Waals surface area (Å²) in [6.45, 7) is 5.63. The molecule has 4 rings (SSSR count). The maximum absolute atomic E-state index is 12.8. The lowest BCUT2D eigenvalue weighted by Gasteiger charge is -2.34. The predicted molar refractivity (Wildman–Crippen MR) is 121 cm³/mol. The Kier molecular flexibility index (Phi) is 5.98. The molecule has 2 N–H and O–H groups in total. The highest BCUT2D eigenvalue weighted by atomic mass is 16.5. The minimum Gasteiger partial charge on any atom is -0.381 e. The number of anilines is 1. The number of rotatable bonds is 5. The third-order valence-corrected chi connectivity index (χ3v) is 6.68. The van der Waals surface area contributed by atoms with E-state index in [9.17, 15) is 9.59 Å². The van der Waals surface area contributed by atoms with Gasteiger partial charge >= 0.3 is 0 Å². The van der Waals surface area contributed by atoms with Gasteiger partial charge in [0.1, 0.15) is 12.4 Å². The normalized spacial score (nSPS) is 19.5. The molecule has 1 fully saturated rings. The molecule has 1 aromatic heterocycles. The summed E-state index contributed by atoms with van der Waals surface area (Å²) in [5.41, 5.74) is 3.59. The van der Waals surface area contributed by atoms with Crippen LogP contribution in [0.5, 0.6) is 0 Å². The highest BCUT2D eigenvalue weighted by molar-refractivity contribution is 6.03. The third kappa shape index (κ3) is 4.37. The van der Waals surface area contributed by atoms with Gasteiger partial charge in [-0.1, -0.05) is 26.0 Å². The molecule has 1 aliphatic heterocycles. The zero-order valence-corrected chi connectivity index (χ0v) is 18.5. The second-order valence-electron chi connectivity index (χ2n) is 9.44. The average Bonchev–Trinajstić information content (AvgIpc) is 3.29. The zero-order valence-electron chi connectivity index (χ0n) is 18.5. The van der Waals surface area contributed by atoms with Crippen LogP contribution < -0.4 is 5.32 Å². The van der Waals surface area contributed by atoms with E-state index in [1.54, 1.807) is 0 Å². The lowest BCUT2D eigenvalue weighted by Crippen LogP contribution is -2.35. The molecule has 0 atom stereocenters. The largest absolute Gasteiger partial charge is 0.381 e. The number of aromatic nitrogens is 2. The number of aromatic amines is 1. The summed E-state index contributed by atoms with van der Waals surface area (Å²) in [5, 5.41) is 11.9. The number of nitriles is 1. The van der Waals surface area contributed by atoms with E-state index in [1.807, 2.05) is 18.2 Å². The molecule has 2 heterocycles. The first kappa shape index (κ1) is 22.0. The number of imidazole rings is 1. The van der Waals surface area contributed by atoms with Gasteiger partial charge in [-0.3, -0.25) is 4.79 Å². The number of H-pyrrole nitrogens is 1. The molecule has 2 aliphatic rings. The Morgan fingerprint density at radius 2 is 2.06 bits per heavy atom. The lowest BCUT2D eigenvalue weighted by molar-refractivity contribution is -0.115. The molecular weight excluding hydrogens is 404 g/mol. The lowest BCUT2D eigenvalue weighted by atomic mass is 9.73. The quantitative estimate of drug-likeness (QED) is 0.682. The average molecular weight is 433 g/mol. The number of amides is 1. The van der Waals surface area contributed by atoms with E-state index >= 15 is 0 Å². The molecule has 32 heavy (non-hydrogen) atoms. The molecule has 7 nitrogen and oxygen atoms in total. The van der Waals surface area contributed by atoms with Crippen molar-refractivity contribution in [3.8, 4) is 6.07 Å². The number of hydrogen-bond donors (Lipinski definition) is 2. The number of allylic oxidation sites excluding steroid dienone is 2. The van der Waals surface area contributed by atoms with E-state index in [2.05, 4.69) is 41.3 Å². The van der Waals surface area contributed by atoms with Crippen LogP contribution >= 0.6 is 0 Å². The molecule has 0 radical (unpaired) electrons. The highest BCUT2D eigenvalue weighted by Gasteiger charge is 2.35. The maximum Gasteiger partial charge on any atom is 0.291 e. The smallest absolute Gasteiger partial charge is 0.291 e. The van der Waals surface area contributed by atoms with Gasteiger partial charge in [-0.05, 0) is 60.8 Å². The van der Waals surface area contributed by atoms with Crippen molar-refractivity contribution < 1.29 is 14.3 Å². The third-order valence-electron chi connectivity index (χ3n) is 6.68. The van der Waals surface area contributed by atoms with Gasteiger partial charge in [0.2, 0.25) is 0 Å². The van der Waals surface area contributed by atoms with Crippen LogP contribution in [-0.2, 0) is 14.9 Å². The van der Waals surface area contributed by atoms with E-state index in [0.29, 0.717) is 31.7 Å². The minimum atomic E-state index is -0.563. The van der Waals surface area contributed by atoms with Gasteiger partial charge < -0.3 is 19.8 Å². The van der Waals surface area contributed by atoms with Crippen molar-refractivity contribution in [3.63, 3.8) is 0 Å². The van der Waals surface area contributed by atoms with Crippen LogP contribution in [0.15, 0.2) is 30.5 Å². The number of nitrogens with zero attached hydrogens (tertiary/aromatic N) is 2. The van der Waals surface area contributed by atoms with Crippen LogP contribution in [-0.4, -0.2) is 35.4 Å². The molecule has 0 spiro atoms. The number of benzene rings is 1. The van der Waals surface area contributed by atoms with Crippen LogP contribution in [0.1, 0.15) is 73.4 Å². The number of nitrogens with one attached hydrogen (secondary N) is 2. The van der Waals surface area contributed by atoms with Gasteiger partial charge in [0.05, 0.1) is 5.41 Å². The monoisotopic (exact) mass is 432 g/mol. The van der Waals surface area contributed by atoms with Crippen molar-refractivity contribution in [2.45, 2.75) is 51.4 Å². The first-order chi connectivity index (χ1) is 15.4. The van der Waals surface area contributed by atoms with Crippen molar-refractivity contribution >= 4 is 23.5 Å². The Morgan fingerprint density at radius 1 is 1.28 bits per heavy atom. The summed E-state index contributed by atoms with van der Waals surface area (Å²) in [4.78, 5) is 31.7. The van der Waals surface area contributed by atoms with Crippen LogP contribution in [0.25, 0.3) is 5.57 Å². The topological polar surface area (TPSA) is 108 Å².